The van der Waals surface area contributed by atoms with Crippen LogP contribution in [0.5, 0.6) is 0 Å². The number of hydrogen-bond donors (Lipinski definition) is 0. The molecule has 0 saturated carbocycles. The van der Waals surface area contributed by atoms with E-state index in [9.17, 15) is 4.79 Å². The second-order valence-electron chi connectivity index (χ2n) is 6.22. The maximum Gasteiger partial charge on any atom is 0.279 e. The van der Waals surface area contributed by atoms with Crippen LogP contribution < -0.4 is 4.80 Å². The summed E-state index contributed by atoms with van der Waals surface area (Å²) in [6.07, 6.45) is 0. The zero-order valence-corrected chi connectivity index (χ0v) is 16.2. The molecule has 0 aliphatic heterocycles. The van der Waals surface area contributed by atoms with Crippen LogP contribution in [0.4, 0.5) is 0 Å². The Hall–Kier alpha value is -2.83. The molecule has 0 bridgehead atoms. The molecule has 0 unspecified atom stereocenters. The third kappa shape index (κ3) is 2.69. The van der Waals surface area contributed by atoms with E-state index in [1.165, 1.54) is 26.8 Å². The highest BCUT2D eigenvalue weighted by atomic mass is 32.1. The first-order valence-electron chi connectivity index (χ1n) is 8.68. The maximum atomic E-state index is 12.8. The summed E-state index contributed by atoms with van der Waals surface area (Å²) in [5.74, 6) is -0.219. The van der Waals surface area contributed by atoms with E-state index in [4.69, 9.17) is 0 Å². The summed E-state index contributed by atoms with van der Waals surface area (Å²) < 4.78 is 4.27. The minimum absolute atomic E-state index is 0.219. The molecule has 4 nitrogen and oxygen atoms in total. The molecule has 27 heavy (non-hydrogen) atoms. The number of fused-ring (bicyclic) bond motifs is 4. The lowest BCUT2D eigenvalue weighted by molar-refractivity contribution is 0.0998. The summed E-state index contributed by atoms with van der Waals surface area (Å²) in [4.78, 5) is 22.3. The molecule has 3 aromatic carbocycles. The third-order valence-corrected chi connectivity index (χ3v) is 6.58. The van der Waals surface area contributed by atoms with Crippen LogP contribution in [0.2, 0.25) is 0 Å². The Labute approximate surface area is 163 Å². The zero-order chi connectivity index (χ0) is 18.4. The van der Waals surface area contributed by atoms with Gasteiger partial charge in [0.2, 0.25) is 0 Å². The van der Waals surface area contributed by atoms with Crippen LogP contribution in [0, 0.1) is 0 Å². The standard InChI is InChI=1S/C21H15N3OS2/c1-2-24-17-10-8-13-5-3-4-6-15(13)19(17)27-21(24)23-20(25)14-7-9-16-18(11-14)26-12-22-16/h3-12H,2H2,1H3. The average molecular weight is 390 g/mol. The van der Waals surface area contributed by atoms with E-state index in [0.717, 1.165) is 27.1 Å². The molecular formula is C21H15N3OS2. The molecule has 6 heteroatoms. The molecule has 0 fully saturated rings. The van der Waals surface area contributed by atoms with Gasteiger partial charge in [0, 0.05) is 17.5 Å². The van der Waals surface area contributed by atoms with Gasteiger partial charge in [0.25, 0.3) is 5.91 Å². The molecule has 5 aromatic rings. The second-order valence-corrected chi connectivity index (χ2v) is 8.08. The van der Waals surface area contributed by atoms with Crippen LogP contribution in [0.1, 0.15) is 17.3 Å². The van der Waals surface area contributed by atoms with Crippen molar-refractivity contribution >= 4 is 59.8 Å². The Morgan fingerprint density at radius 3 is 2.93 bits per heavy atom. The van der Waals surface area contributed by atoms with E-state index in [1.54, 1.807) is 22.9 Å². The van der Waals surface area contributed by atoms with Gasteiger partial charge >= 0.3 is 0 Å². The van der Waals surface area contributed by atoms with Crippen LogP contribution in [-0.4, -0.2) is 15.5 Å². The fourth-order valence-corrected chi connectivity index (χ4v) is 5.27. The van der Waals surface area contributed by atoms with Gasteiger partial charge in [0.15, 0.2) is 4.80 Å². The third-order valence-electron chi connectivity index (χ3n) is 4.67. The molecule has 0 radical (unpaired) electrons. The highest BCUT2D eigenvalue weighted by Gasteiger charge is 2.11. The quantitative estimate of drug-likeness (QED) is 0.415. The number of aryl methyl sites for hydroxylation is 1. The molecule has 0 atom stereocenters. The molecular weight excluding hydrogens is 374 g/mol. The van der Waals surface area contributed by atoms with Crippen molar-refractivity contribution in [2.45, 2.75) is 13.5 Å². The fraction of sp³-hybridized carbons (Fsp3) is 0.0952. The molecule has 0 saturated heterocycles. The Morgan fingerprint density at radius 1 is 1.15 bits per heavy atom. The average Bonchev–Trinajstić information content (AvgIpc) is 3.31. The van der Waals surface area contributed by atoms with Crippen molar-refractivity contribution < 1.29 is 4.79 Å². The smallest absolute Gasteiger partial charge is 0.279 e. The first kappa shape index (κ1) is 16.4. The normalized spacial score (nSPS) is 12.4. The van der Waals surface area contributed by atoms with Crippen LogP contribution in [-0.2, 0) is 6.54 Å². The summed E-state index contributed by atoms with van der Waals surface area (Å²) in [7, 11) is 0. The molecule has 0 aliphatic carbocycles. The summed E-state index contributed by atoms with van der Waals surface area (Å²) >= 11 is 3.10. The van der Waals surface area contributed by atoms with Gasteiger partial charge < -0.3 is 4.57 Å². The number of thiazole rings is 2. The van der Waals surface area contributed by atoms with E-state index in [2.05, 4.69) is 45.7 Å². The molecule has 5 rings (SSSR count). The molecule has 2 heterocycles. The Balaban J connectivity index is 1.70. The first-order valence-corrected chi connectivity index (χ1v) is 10.4. The van der Waals surface area contributed by atoms with Crippen molar-refractivity contribution in [2.75, 3.05) is 0 Å². The predicted octanol–water partition coefficient (Wildman–Crippen LogP) is 5.23. The van der Waals surface area contributed by atoms with Gasteiger partial charge in [-0.25, -0.2) is 4.98 Å². The van der Waals surface area contributed by atoms with Gasteiger partial charge in [0.05, 0.1) is 25.9 Å². The van der Waals surface area contributed by atoms with E-state index >= 15 is 0 Å². The largest absolute Gasteiger partial charge is 0.317 e. The SMILES string of the molecule is CCn1c(=NC(=O)c2ccc3ncsc3c2)sc2c3ccccc3ccc21. The van der Waals surface area contributed by atoms with Gasteiger partial charge in [-0.15, -0.1) is 11.3 Å². The number of nitrogens with zero attached hydrogens (tertiary/aromatic N) is 3. The summed E-state index contributed by atoms with van der Waals surface area (Å²) in [5.41, 5.74) is 4.41. The second kappa shape index (κ2) is 6.40. The van der Waals surface area contributed by atoms with Crippen LogP contribution in [0.15, 0.2) is 65.1 Å². The van der Waals surface area contributed by atoms with Crippen LogP contribution in [0.25, 0.3) is 31.2 Å². The van der Waals surface area contributed by atoms with E-state index in [0.29, 0.717) is 5.56 Å². The number of carbonyl (C=O) groups excluding carboxylic acids is 1. The van der Waals surface area contributed by atoms with E-state index in [1.807, 2.05) is 24.3 Å². The van der Waals surface area contributed by atoms with Gasteiger partial charge in [-0.05, 0) is 36.6 Å². The van der Waals surface area contributed by atoms with E-state index in [-0.39, 0.29) is 5.91 Å². The lowest BCUT2D eigenvalue weighted by atomic mass is 10.1. The van der Waals surface area contributed by atoms with Gasteiger partial charge in [-0.2, -0.15) is 4.99 Å². The number of rotatable bonds is 2. The maximum absolute atomic E-state index is 12.8. The highest BCUT2D eigenvalue weighted by Crippen LogP contribution is 2.27. The predicted molar refractivity (Wildman–Crippen MR) is 113 cm³/mol. The van der Waals surface area contributed by atoms with Crippen molar-refractivity contribution in [1.29, 1.82) is 0 Å². The first-order chi connectivity index (χ1) is 13.2. The van der Waals surface area contributed by atoms with Crippen molar-refractivity contribution in [3.8, 4) is 0 Å². The van der Waals surface area contributed by atoms with Crippen LogP contribution >= 0.6 is 22.7 Å². The van der Waals surface area contributed by atoms with Crippen molar-refractivity contribution in [3.63, 3.8) is 0 Å². The minimum Gasteiger partial charge on any atom is -0.317 e. The van der Waals surface area contributed by atoms with Crippen molar-refractivity contribution in [3.05, 3.63) is 70.5 Å². The zero-order valence-electron chi connectivity index (χ0n) is 14.5. The van der Waals surface area contributed by atoms with Crippen LogP contribution in [0.3, 0.4) is 0 Å². The summed E-state index contributed by atoms with van der Waals surface area (Å²) in [5, 5.41) is 2.39. The summed E-state index contributed by atoms with van der Waals surface area (Å²) in [6, 6.07) is 18.1. The highest BCUT2D eigenvalue weighted by molar-refractivity contribution is 7.17. The Morgan fingerprint density at radius 2 is 2.04 bits per heavy atom. The number of aromatic nitrogens is 2. The Bertz CT molecular complexity index is 1390. The number of benzene rings is 3. The molecule has 1 amide bonds. The van der Waals surface area contributed by atoms with Crippen molar-refractivity contribution in [2.24, 2.45) is 4.99 Å². The monoisotopic (exact) mass is 389 g/mol. The lowest BCUT2D eigenvalue weighted by Crippen LogP contribution is -2.15. The number of carbonyl (C=O) groups is 1. The lowest BCUT2D eigenvalue weighted by Gasteiger charge is -2.02. The van der Waals surface area contributed by atoms with Gasteiger partial charge in [-0.1, -0.05) is 41.7 Å². The number of amides is 1. The molecule has 132 valence electrons. The minimum atomic E-state index is -0.219. The van der Waals surface area contributed by atoms with Gasteiger partial charge in [0.1, 0.15) is 0 Å². The summed E-state index contributed by atoms with van der Waals surface area (Å²) in [6.45, 7) is 2.84. The Kier molecular flexibility index (Phi) is 3.88. The molecule has 0 aliphatic rings. The molecule has 0 spiro atoms. The molecule has 0 N–H and O–H groups in total. The topological polar surface area (TPSA) is 47.2 Å². The van der Waals surface area contributed by atoms with Gasteiger partial charge in [-0.3, -0.25) is 4.79 Å². The van der Waals surface area contributed by atoms with E-state index < -0.39 is 0 Å². The number of hydrogen-bond acceptors (Lipinski definition) is 4. The van der Waals surface area contributed by atoms with Crippen molar-refractivity contribution in [1.82, 2.24) is 9.55 Å². The fourth-order valence-electron chi connectivity index (χ4n) is 3.33. The molecule has 2 aromatic heterocycles.